The van der Waals surface area contributed by atoms with E-state index >= 15 is 0 Å². The van der Waals surface area contributed by atoms with Gasteiger partial charge in [0.25, 0.3) is 0 Å². The van der Waals surface area contributed by atoms with Crippen molar-refractivity contribution in [1.82, 2.24) is 0 Å². The molecule has 0 saturated carbocycles. The minimum absolute atomic E-state index is 0.576. The average Bonchev–Trinajstić information content (AvgIpc) is 2.20. The highest BCUT2D eigenvalue weighted by atomic mass is 79.9. The lowest BCUT2D eigenvalue weighted by Gasteiger charge is -2.07. The number of anilines is 1. The van der Waals surface area contributed by atoms with E-state index < -0.39 is 0 Å². The molecule has 0 aliphatic heterocycles. The molecule has 0 atom stereocenters. The van der Waals surface area contributed by atoms with Crippen LogP contribution in [0.1, 0.15) is 26.3 Å². The Bertz CT molecular complexity index is 308. The van der Waals surface area contributed by atoms with Gasteiger partial charge in [-0.1, -0.05) is 29.8 Å². The second-order valence-corrected chi connectivity index (χ2v) is 3.48. The summed E-state index contributed by atoms with van der Waals surface area (Å²) in [6, 6.07) is 5.83. The van der Waals surface area contributed by atoms with Crippen LogP contribution < -0.4 is 5.32 Å². The van der Waals surface area contributed by atoms with Gasteiger partial charge in [0.2, 0.25) is 0 Å². The summed E-state index contributed by atoms with van der Waals surface area (Å²) in [4.78, 5) is 0. The van der Waals surface area contributed by atoms with Crippen LogP contribution in [0, 0.1) is 5.41 Å². The molecule has 0 amide bonds. The number of nitrogens with one attached hydrogen (secondary N) is 2. The van der Waals surface area contributed by atoms with Gasteiger partial charge in [0.1, 0.15) is 0 Å². The first-order valence-electron chi connectivity index (χ1n) is 4.68. The van der Waals surface area contributed by atoms with Crippen LogP contribution in [0.5, 0.6) is 0 Å². The second-order valence-electron chi connectivity index (χ2n) is 2.56. The number of halogens is 1. The van der Waals surface area contributed by atoms with E-state index in [1.54, 1.807) is 6.92 Å². The fraction of sp³-hybridized carbons (Fsp3) is 0.364. The summed E-state index contributed by atoms with van der Waals surface area (Å²) in [5.74, 6) is 0. The Kier molecular flexibility index (Phi) is 6.21. The normalized spacial score (nSPS) is 8.64. The molecule has 3 heteroatoms. The molecular weight excluding hydrogens is 240 g/mol. The second kappa shape index (κ2) is 6.60. The third kappa shape index (κ3) is 3.50. The summed E-state index contributed by atoms with van der Waals surface area (Å²) >= 11 is 3.38. The third-order valence-corrected chi connectivity index (χ3v) is 2.15. The molecule has 1 aromatic carbocycles. The molecule has 0 aliphatic rings. The van der Waals surface area contributed by atoms with Crippen molar-refractivity contribution in [2.24, 2.45) is 0 Å². The van der Waals surface area contributed by atoms with E-state index in [1.807, 2.05) is 39.1 Å². The molecule has 1 aromatic rings. The van der Waals surface area contributed by atoms with Gasteiger partial charge in [0, 0.05) is 28.5 Å². The number of hydrogen-bond donors (Lipinski definition) is 2. The molecule has 78 valence electrons. The standard InChI is InChI=1S/C9H11BrN2.C2H6/c1-6(11)8-4-3-7(10)5-9(8)12-2;1-2/h3-5,11-12H,1-2H3;1-2H3. The van der Waals surface area contributed by atoms with E-state index in [4.69, 9.17) is 5.41 Å². The highest BCUT2D eigenvalue weighted by Crippen LogP contribution is 2.21. The van der Waals surface area contributed by atoms with Crippen LogP contribution in [0.25, 0.3) is 0 Å². The van der Waals surface area contributed by atoms with Crippen LogP contribution in [0.3, 0.4) is 0 Å². The van der Waals surface area contributed by atoms with Gasteiger partial charge < -0.3 is 10.7 Å². The maximum atomic E-state index is 7.49. The van der Waals surface area contributed by atoms with Crippen LogP contribution in [0.15, 0.2) is 22.7 Å². The van der Waals surface area contributed by atoms with Gasteiger partial charge in [-0.05, 0) is 25.1 Å². The maximum Gasteiger partial charge on any atom is 0.0440 e. The molecule has 0 unspecified atom stereocenters. The Morgan fingerprint density at radius 2 is 1.93 bits per heavy atom. The Hall–Kier alpha value is -0.830. The molecule has 0 aromatic heterocycles. The quantitative estimate of drug-likeness (QED) is 0.774. The van der Waals surface area contributed by atoms with Gasteiger partial charge >= 0.3 is 0 Å². The maximum absolute atomic E-state index is 7.49. The van der Waals surface area contributed by atoms with Crippen molar-refractivity contribution in [2.75, 3.05) is 12.4 Å². The largest absolute Gasteiger partial charge is 0.388 e. The summed E-state index contributed by atoms with van der Waals surface area (Å²) in [6.07, 6.45) is 0. The van der Waals surface area contributed by atoms with Crippen molar-refractivity contribution < 1.29 is 0 Å². The zero-order valence-corrected chi connectivity index (χ0v) is 10.7. The monoisotopic (exact) mass is 256 g/mol. The van der Waals surface area contributed by atoms with Crippen molar-refractivity contribution in [3.8, 4) is 0 Å². The molecule has 0 fully saturated rings. The van der Waals surface area contributed by atoms with E-state index in [-0.39, 0.29) is 0 Å². The third-order valence-electron chi connectivity index (χ3n) is 1.65. The number of benzene rings is 1. The smallest absolute Gasteiger partial charge is 0.0440 e. The van der Waals surface area contributed by atoms with Crippen molar-refractivity contribution in [1.29, 1.82) is 5.41 Å². The van der Waals surface area contributed by atoms with Crippen LogP contribution in [-0.2, 0) is 0 Å². The predicted octanol–water partition coefficient (Wildman–Crippen LogP) is 3.90. The van der Waals surface area contributed by atoms with Gasteiger partial charge in [-0.25, -0.2) is 0 Å². The Morgan fingerprint density at radius 3 is 2.36 bits per heavy atom. The summed E-state index contributed by atoms with van der Waals surface area (Å²) < 4.78 is 1.02. The Balaban J connectivity index is 0.000000791. The van der Waals surface area contributed by atoms with Crippen LogP contribution in [-0.4, -0.2) is 12.8 Å². The van der Waals surface area contributed by atoms with Gasteiger partial charge in [0.05, 0.1) is 0 Å². The minimum Gasteiger partial charge on any atom is -0.388 e. The van der Waals surface area contributed by atoms with E-state index in [0.29, 0.717) is 5.71 Å². The molecule has 0 heterocycles. The van der Waals surface area contributed by atoms with Gasteiger partial charge in [-0.2, -0.15) is 0 Å². The molecule has 0 aliphatic carbocycles. The molecule has 2 N–H and O–H groups in total. The lowest BCUT2D eigenvalue weighted by atomic mass is 10.1. The zero-order valence-electron chi connectivity index (χ0n) is 9.11. The fourth-order valence-corrected chi connectivity index (χ4v) is 1.41. The van der Waals surface area contributed by atoms with E-state index in [9.17, 15) is 0 Å². The molecule has 1 rings (SSSR count). The SMILES string of the molecule is CC.CNc1cc(Br)ccc1C(C)=N. The average molecular weight is 257 g/mol. The van der Waals surface area contributed by atoms with Crippen LogP contribution in [0.4, 0.5) is 5.69 Å². The summed E-state index contributed by atoms with van der Waals surface area (Å²) in [5.41, 5.74) is 2.50. The highest BCUT2D eigenvalue weighted by Gasteiger charge is 2.02. The van der Waals surface area contributed by atoms with Gasteiger partial charge in [-0.3, -0.25) is 0 Å². The van der Waals surface area contributed by atoms with E-state index in [2.05, 4.69) is 21.2 Å². The van der Waals surface area contributed by atoms with Gasteiger partial charge in [0.15, 0.2) is 0 Å². The summed E-state index contributed by atoms with van der Waals surface area (Å²) in [7, 11) is 1.86. The Morgan fingerprint density at radius 1 is 1.36 bits per heavy atom. The summed E-state index contributed by atoms with van der Waals surface area (Å²) in [6.45, 7) is 5.78. The lowest BCUT2D eigenvalue weighted by Crippen LogP contribution is -1.99. The zero-order chi connectivity index (χ0) is 11.1. The van der Waals surface area contributed by atoms with Crippen molar-refractivity contribution >= 4 is 27.3 Å². The van der Waals surface area contributed by atoms with Crippen molar-refractivity contribution in [3.63, 3.8) is 0 Å². The molecule has 0 spiro atoms. The number of rotatable bonds is 2. The minimum atomic E-state index is 0.576. The van der Waals surface area contributed by atoms with Crippen molar-refractivity contribution in [2.45, 2.75) is 20.8 Å². The highest BCUT2D eigenvalue weighted by molar-refractivity contribution is 9.10. The van der Waals surface area contributed by atoms with Crippen LogP contribution in [0.2, 0.25) is 0 Å². The van der Waals surface area contributed by atoms with E-state index in [0.717, 1.165) is 15.7 Å². The fourth-order valence-electron chi connectivity index (χ4n) is 1.05. The first kappa shape index (κ1) is 13.2. The topological polar surface area (TPSA) is 35.9 Å². The first-order chi connectivity index (χ1) is 6.65. The first-order valence-corrected chi connectivity index (χ1v) is 5.47. The summed E-state index contributed by atoms with van der Waals surface area (Å²) in [5, 5.41) is 10.5. The van der Waals surface area contributed by atoms with E-state index in [1.165, 1.54) is 0 Å². The molecular formula is C11H17BrN2. The molecule has 14 heavy (non-hydrogen) atoms. The van der Waals surface area contributed by atoms with Gasteiger partial charge in [-0.15, -0.1) is 0 Å². The lowest BCUT2D eigenvalue weighted by molar-refractivity contribution is 1.42. The van der Waals surface area contributed by atoms with Crippen LogP contribution >= 0.6 is 15.9 Å². The number of hydrogen-bond acceptors (Lipinski definition) is 2. The van der Waals surface area contributed by atoms with Crippen molar-refractivity contribution in [3.05, 3.63) is 28.2 Å². The Labute approximate surface area is 94.4 Å². The molecule has 0 bridgehead atoms. The molecule has 0 saturated heterocycles. The predicted molar refractivity (Wildman–Crippen MR) is 67.5 cm³/mol. The molecule has 2 nitrogen and oxygen atoms in total. The molecule has 0 radical (unpaired) electrons.